The Kier molecular flexibility index (Phi) is 8.95. The van der Waals surface area contributed by atoms with Gasteiger partial charge < -0.3 is 0 Å². The van der Waals surface area contributed by atoms with Crippen molar-refractivity contribution in [1.82, 2.24) is 19.8 Å². The smallest absolute Gasteiger partial charge is 0.238 e. The highest BCUT2D eigenvalue weighted by Gasteiger charge is 2.06. The van der Waals surface area contributed by atoms with Gasteiger partial charge in [-0.1, -0.05) is 68.8 Å². The molecule has 0 aliphatic rings. The van der Waals surface area contributed by atoms with Gasteiger partial charge in [-0.15, -0.1) is 12.4 Å². The summed E-state index contributed by atoms with van der Waals surface area (Å²) in [5.74, 6) is 0. The molecule has 0 aliphatic heterocycles. The van der Waals surface area contributed by atoms with E-state index in [0.717, 1.165) is 18.5 Å². The minimum absolute atomic E-state index is 0. The number of tetrazole rings is 1. The second-order valence-corrected chi connectivity index (χ2v) is 5.95. The van der Waals surface area contributed by atoms with Gasteiger partial charge in [0.2, 0.25) is 5.62 Å². The summed E-state index contributed by atoms with van der Waals surface area (Å²) in [6.07, 6.45) is 7.37. The number of hydrogen-bond acceptors (Lipinski definition) is 3. The summed E-state index contributed by atoms with van der Waals surface area (Å²) in [7, 11) is 0. The fourth-order valence-corrected chi connectivity index (χ4v) is 2.60. The molecule has 0 fully saturated rings. The largest absolute Gasteiger partial charge is 0.266 e. The molecule has 0 amide bonds. The Morgan fingerprint density at radius 3 is 2.39 bits per heavy atom. The Balaban J connectivity index is 0.00000264. The quantitative estimate of drug-likeness (QED) is 0.688. The normalized spacial score (nSPS) is 10.5. The van der Waals surface area contributed by atoms with Gasteiger partial charge in [0.1, 0.15) is 0 Å². The number of nitrogens with one attached hydrogen (secondary N) is 1. The topological polar surface area (TPSA) is 59.5 Å². The van der Waals surface area contributed by atoms with Gasteiger partial charge in [-0.3, -0.25) is 5.41 Å². The molecule has 23 heavy (non-hydrogen) atoms. The summed E-state index contributed by atoms with van der Waals surface area (Å²) in [6, 6.07) is 7.63. The summed E-state index contributed by atoms with van der Waals surface area (Å²) in [5.41, 5.74) is 1.28. The summed E-state index contributed by atoms with van der Waals surface area (Å²) in [5, 5.41) is 17.0. The van der Waals surface area contributed by atoms with Crippen LogP contribution in [0.25, 0.3) is 0 Å². The van der Waals surface area contributed by atoms with E-state index in [0.29, 0.717) is 17.2 Å². The van der Waals surface area contributed by atoms with Crippen LogP contribution in [-0.4, -0.2) is 19.8 Å². The maximum absolute atomic E-state index is 8.15. The summed E-state index contributed by atoms with van der Waals surface area (Å²) in [6.45, 7) is 3.46. The van der Waals surface area contributed by atoms with E-state index in [-0.39, 0.29) is 12.4 Å². The Labute approximate surface area is 148 Å². The molecule has 2 rings (SSSR count). The first-order valence-electron chi connectivity index (χ1n) is 8.01. The van der Waals surface area contributed by atoms with Crippen molar-refractivity contribution in [3.8, 4) is 0 Å². The molecule has 1 heterocycles. The minimum atomic E-state index is 0. The molecular weight excluding hydrogens is 333 g/mol. The monoisotopic (exact) mass is 357 g/mol. The standard InChI is InChI=1S/C16H24ClN5.ClH/c1-2-3-4-5-6-9-12-21-16(18)22(20-19-21)13-14-10-7-8-11-15(14)17;/h7-8,10-11,18H,2-6,9,12-13H2,1H3;1H. The van der Waals surface area contributed by atoms with E-state index in [1.807, 2.05) is 24.3 Å². The van der Waals surface area contributed by atoms with E-state index >= 15 is 0 Å². The Morgan fingerprint density at radius 2 is 1.65 bits per heavy atom. The van der Waals surface area contributed by atoms with Gasteiger partial charge >= 0.3 is 0 Å². The molecule has 1 N–H and O–H groups in total. The Hall–Kier alpha value is -1.33. The molecule has 0 unspecified atom stereocenters. The van der Waals surface area contributed by atoms with E-state index in [1.165, 1.54) is 32.1 Å². The van der Waals surface area contributed by atoms with Crippen LogP contribution in [0, 0.1) is 5.41 Å². The molecular formula is C16H25Cl2N5. The lowest BCUT2D eigenvalue weighted by atomic mass is 10.1. The van der Waals surface area contributed by atoms with Crippen molar-refractivity contribution in [2.24, 2.45) is 0 Å². The van der Waals surface area contributed by atoms with E-state index in [2.05, 4.69) is 17.4 Å². The van der Waals surface area contributed by atoms with Gasteiger partial charge in [0.25, 0.3) is 0 Å². The third-order valence-corrected chi connectivity index (χ3v) is 4.12. The molecule has 0 radical (unpaired) electrons. The van der Waals surface area contributed by atoms with Crippen LogP contribution in [0.15, 0.2) is 24.3 Å². The maximum Gasteiger partial charge on any atom is 0.238 e. The van der Waals surface area contributed by atoms with E-state index in [9.17, 15) is 0 Å². The molecule has 2 aromatic rings. The van der Waals surface area contributed by atoms with Crippen LogP contribution in [0.1, 0.15) is 51.0 Å². The Morgan fingerprint density at radius 1 is 1.00 bits per heavy atom. The summed E-state index contributed by atoms with van der Waals surface area (Å²) >= 11 is 6.15. The van der Waals surface area contributed by atoms with Gasteiger partial charge in [-0.2, -0.15) is 0 Å². The number of aryl methyl sites for hydroxylation is 1. The van der Waals surface area contributed by atoms with Gasteiger partial charge in [0.05, 0.1) is 6.54 Å². The third kappa shape index (κ3) is 5.99. The van der Waals surface area contributed by atoms with Crippen molar-refractivity contribution in [3.05, 3.63) is 40.5 Å². The first-order valence-corrected chi connectivity index (χ1v) is 8.38. The minimum Gasteiger partial charge on any atom is -0.266 e. The molecule has 0 bridgehead atoms. The van der Waals surface area contributed by atoms with E-state index < -0.39 is 0 Å². The van der Waals surface area contributed by atoms with Crippen LogP contribution in [0.5, 0.6) is 0 Å². The molecule has 0 atom stereocenters. The van der Waals surface area contributed by atoms with Crippen LogP contribution in [0.2, 0.25) is 5.02 Å². The van der Waals surface area contributed by atoms with Crippen molar-refractivity contribution in [2.45, 2.75) is 58.5 Å². The predicted octanol–water partition coefficient (Wildman–Crippen LogP) is 4.04. The van der Waals surface area contributed by atoms with Crippen molar-refractivity contribution < 1.29 is 0 Å². The lowest BCUT2D eigenvalue weighted by Crippen LogP contribution is -2.26. The number of halogens is 2. The van der Waals surface area contributed by atoms with Crippen molar-refractivity contribution in [3.63, 3.8) is 0 Å². The van der Waals surface area contributed by atoms with Crippen LogP contribution in [-0.2, 0) is 13.1 Å². The lowest BCUT2D eigenvalue weighted by molar-refractivity contribution is 0.499. The summed E-state index contributed by atoms with van der Waals surface area (Å²) in [4.78, 5) is 0. The zero-order valence-electron chi connectivity index (χ0n) is 13.5. The van der Waals surface area contributed by atoms with Crippen LogP contribution in [0.4, 0.5) is 0 Å². The molecule has 128 valence electrons. The highest BCUT2D eigenvalue weighted by molar-refractivity contribution is 6.31. The Bertz CT molecular complexity index is 635. The average molecular weight is 358 g/mol. The van der Waals surface area contributed by atoms with Crippen molar-refractivity contribution >= 4 is 24.0 Å². The van der Waals surface area contributed by atoms with Crippen LogP contribution in [0.3, 0.4) is 0 Å². The fourth-order valence-electron chi connectivity index (χ4n) is 2.40. The van der Waals surface area contributed by atoms with E-state index in [4.69, 9.17) is 17.0 Å². The predicted molar refractivity (Wildman–Crippen MR) is 95.0 cm³/mol. The zero-order valence-corrected chi connectivity index (χ0v) is 15.1. The van der Waals surface area contributed by atoms with Crippen LogP contribution < -0.4 is 5.62 Å². The van der Waals surface area contributed by atoms with Gasteiger partial charge in [0, 0.05) is 11.6 Å². The highest BCUT2D eigenvalue weighted by Crippen LogP contribution is 2.15. The van der Waals surface area contributed by atoms with Gasteiger partial charge in [-0.25, -0.2) is 9.36 Å². The lowest BCUT2D eigenvalue weighted by Gasteiger charge is -2.03. The molecule has 0 saturated carbocycles. The number of aromatic nitrogens is 4. The maximum atomic E-state index is 8.15. The summed E-state index contributed by atoms with van der Waals surface area (Å²) < 4.78 is 3.25. The molecule has 1 aromatic carbocycles. The second kappa shape index (κ2) is 10.4. The van der Waals surface area contributed by atoms with Crippen molar-refractivity contribution in [1.29, 1.82) is 5.41 Å². The molecule has 5 nitrogen and oxygen atoms in total. The van der Waals surface area contributed by atoms with Gasteiger partial charge in [-0.05, 0) is 28.5 Å². The molecule has 0 saturated heterocycles. The first kappa shape index (κ1) is 19.7. The number of nitrogens with zero attached hydrogens (tertiary/aromatic N) is 4. The molecule has 7 heteroatoms. The number of benzene rings is 1. The third-order valence-electron chi connectivity index (χ3n) is 3.75. The van der Waals surface area contributed by atoms with Crippen molar-refractivity contribution in [2.75, 3.05) is 0 Å². The average Bonchev–Trinajstić information content (AvgIpc) is 2.86. The number of hydrogen-bond donors (Lipinski definition) is 1. The molecule has 0 spiro atoms. The fraction of sp³-hybridized carbons (Fsp3) is 0.562. The number of unbranched alkanes of at least 4 members (excludes halogenated alkanes) is 5. The van der Waals surface area contributed by atoms with E-state index in [1.54, 1.807) is 9.36 Å². The molecule has 1 aromatic heterocycles. The second-order valence-electron chi connectivity index (χ2n) is 5.54. The zero-order chi connectivity index (χ0) is 15.8. The first-order chi connectivity index (χ1) is 10.7. The van der Waals surface area contributed by atoms with Crippen LogP contribution >= 0.6 is 24.0 Å². The SMILES string of the molecule is CCCCCCCCn1nnn(Cc2ccccc2Cl)c1=N.Cl. The number of rotatable bonds is 9. The molecule has 0 aliphatic carbocycles. The highest BCUT2D eigenvalue weighted by atomic mass is 35.5. The van der Waals surface area contributed by atoms with Gasteiger partial charge in [0.15, 0.2) is 0 Å².